The molecule has 0 atom stereocenters. The van der Waals surface area contributed by atoms with E-state index >= 15 is 0 Å². The Bertz CT molecular complexity index is 725. The maximum atomic E-state index is 11.9. The number of rotatable bonds is 4. The summed E-state index contributed by atoms with van der Waals surface area (Å²) < 4.78 is 4.79. The SMILES string of the molecule is Cc1nc(CNC(=O)Nc2c(C)ccc([N+](=O)[O-])c2C)no1. The number of hydrogen-bond donors (Lipinski definition) is 2. The Morgan fingerprint density at radius 3 is 2.68 bits per heavy atom. The lowest BCUT2D eigenvalue weighted by atomic mass is 10.1. The van der Waals surface area contributed by atoms with Gasteiger partial charge in [0.15, 0.2) is 5.82 Å². The van der Waals surface area contributed by atoms with Crippen molar-refractivity contribution in [3.8, 4) is 0 Å². The van der Waals surface area contributed by atoms with Crippen LogP contribution in [0.1, 0.15) is 22.8 Å². The molecule has 0 aliphatic rings. The number of anilines is 1. The van der Waals surface area contributed by atoms with Crippen molar-refractivity contribution in [1.29, 1.82) is 0 Å². The van der Waals surface area contributed by atoms with E-state index in [1.807, 2.05) is 0 Å². The van der Waals surface area contributed by atoms with E-state index in [4.69, 9.17) is 4.52 Å². The van der Waals surface area contributed by atoms with Gasteiger partial charge in [-0.05, 0) is 19.4 Å². The van der Waals surface area contributed by atoms with Gasteiger partial charge in [-0.2, -0.15) is 4.98 Å². The number of aryl methyl sites for hydroxylation is 2. The number of amides is 2. The molecular formula is C13H15N5O4. The monoisotopic (exact) mass is 305 g/mol. The smallest absolute Gasteiger partial charge is 0.319 e. The molecule has 9 nitrogen and oxygen atoms in total. The van der Waals surface area contributed by atoms with Gasteiger partial charge >= 0.3 is 6.03 Å². The zero-order valence-corrected chi connectivity index (χ0v) is 12.3. The molecule has 116 valence electrons. The average molecular weight is 305 g/mol. The number of nitrogens with zero attached hydrogens (tertiary/aromatic N) is 3. The van der Waals surface area contributed by atoms with Crippen molar-refractivity contribution in [2.45, 2.75) is 27.3 Å². The second-order valence-corrected chi connectivity index (χ2v) is 4.70. The lowest BCUT2D eigenvalue weighted by molar-refractivity contribution is -0.385. The largest absolute Gasteiger partial charge is 0.340 e. The molecule has 0 spiro atoms. The Labute approximate surface area is 125 Å². The van der Waals surface area contributed by atoms with Gasteiger partial charge in [0.25, 0.3) is 5.69 Å². The highest BCUT2D eigenvalue weighted by Gasteiger charge is 2.17. The third kappa shape index (κ3) is 3.37. The van der Waals surface area contributed by atoms with E-state index in [1.54, 1.807) is 26.8 Å². The van der Waals surface area contributed by atoms with Crippen LogP contribution in [0.25, 0.3) is 0 Å². The minimum absolute atomic E-state index is 0.0466. The summed E-state index contributed by atoms with van der Waals surface area (Å²) >= 11 is 0. The molecule has 2 N–H and O–H groups in total. The van der Waals surface area contributed by atoms with E-state index in [-0.39, 0.29) is 12.2 Å². The predicted octanol–water partition coefficient (Wildman–Crippen LogP) is 2.22. The molecule has 0 aliphatic carbocycles. The number of carbonyl (C=O) groups is 1. The van der Waals surface area contributed by atoms with Crippen LogP contribution >= 0.6 is 0 Å². The predicted molar refractivity (Wildman–Crippen MR) is 77.5 cm³/mol. The number of nitrogens with one attached hydrogen (secondary N) is 2. The van der Waals surface area contributed by atoms with Crippen LogP contribution in [-0.2, 0) is 6.54 Å². The first-order chi connectivity index (χ1) is 10.4. The number of hydrogen-bond acceptors (Lipinski definition) is 6. The Morgan fingerprint density at radius 1 is 1.36 bits per heavy atom. The molecule has 22 heavy (non-hydrogen) atoms. The first-order valence-corrected chi connectivity index (χ1v) is 6.47. The van der Waals surface area contributed by atoms with Gasteiger partial charge in [-0.3, -0.25) is 10.1 Å². The maximum Gasteiger partial charge on any atom is 0.319 e. The molecule has 0 unspecified atom stereocenters. The summed E-state index contributed by atoms with van der Waals surface area (Å²) in [5.74, 6) is 0.753. The second kappa shape index (κ2) is 6.20. The van der Waals surface area contributed by atoms with Gasteiger partial charge in [0.2, 0.25) is 5.89 Å². The Kier molecular flexibility index (Phi) is 4.35. The highest BCUT2D eigenvalue weighted by molar-refractivity contribution is 5.91. The Morgan fingerprint density at radius 2 is 2.09 bits per heavy atom. The molecule has 2 amide bonds. The van der Waals surface area contributed by atoms with E-state index in [0.29, 0.717) is 23.0 Å². The van der Waals surface area contributed by atoms with Gasteiger partial charge in [-0.1, -0.05) is 11.2 Å². The van der Waals surface area contributed by atoms with E-state index in [1.165, 1.54) is 6.07 Å². The van der Waals surface area contributed by atoms with Crippen LogP contribution < -0.4 is 10.6 Å². The molecule has 1 aromatic heterocycles. The molecule has 0 saturated heterocycles. The van der Waals surface area contributed by atoms with Gasteiger partial charge in [-0.25, -0.2) is 4.79 Å². The molecule has 1 heterocycles. The second-order valence-electron chi connectivity index (χ2n) is 4.70. The summed E-state index contributed by atoms with van der Waals surface area (Å²) in [5.41, 5.74) is 1.50. The Balaban J connectivity index is 2.08. The van der Waals surface area contributed by atoms with Gasteiger partial charge in [0.1, 0.15) is 0 Å². The molecule has 0 saturated carbocycles. The van der Waals surface area contributed by atoms with Crippen LogP contribution in [0.3, 0.4) is 0 Å². The molecule has 0 aliphatic heterocycles. The van der Waals surface area contributed by atoms with Gasteiger partial charge in [0.05, 0.1) is 22.7 Å². The third-order valence-corrected chi connectivity index (χ3v) is 3.06. The number of benzene rings is 1. The number of nitro benzene ring substituents is 1. The minimum Gasteiger partial charge on any atom is -0.340 e. The maximum absolute atomic E-state index is 11.9. The Hall–Kier alpha value is -2.97. The van der Waals surface area contributed by atoms with E-state index in [2.05, 4.69) is 20.8 Å². The fraction of sp³-hybridized carbons (Fsp3) is 0.308. The number of nitro groups is 1. The van der Waals surface area contributed by atoms with E-state index < -0.39 is 11.0 Å². The van der Waals surface area contributed by atoms with Crippen LogP contribution in [0.15, 0.2) is 16.7 Å². The normalized spacial score (nSPS) is 10.3. The first-order valence-electron chi connectivity index (χ1n) is 6.47. The van der Waals surface area contributed by atoms with Crippen LogP contribution in [-0.4, -0.2) is 21.1 Å². The van der Waals surface area contributed by atoms with Crippen molar-refractivity contribution in [1.82, 2.24) is 15.5 Å². The fourth-order valence-electron chi connectivity index (χ4n) is 1.96. The topological polar surface area (TPSA) is 123 Å². The van der Waals surface area contributed by atoms with E-state index in [0.717, 1.165) is 5.56 Å². The lowest BCUT2D eigenvalue weighted by Gasteiger charge is -2.12. The van der Waals surface area contributed by atoms with Crippen LogP contribution in [0.2, 0.25) is 0 Å². The first kappa shape index (κ1) is 15.4. The fourth-order valence-corrected chi connectivity index (χ4v) is 1.96. The summed E-state index contributed by atoms with van der Waals surface area (Å²) in [4.78, 5) is 26.3. The summed E-state index contributed by atoms with van der Waals surface area (Å²) in [6.45, 7) is 5.08. The van der Waals surface area contributed by atoms with Crippen molar-refractivity contribution < 1.29 is 14.2 Å². The summed E-state index contributed by atoms with van der Waals surface area (Å²) in [6.07, 6.45) is 0. The molecule has 0 radical (unpaired) electrons. The van der Waals surface area contributed by atoms with Crippen molar-refractivity contribution in [2.75, 3.05) is 5.32 Å². The van der Waals surface area contributed by atoms with Crippen molar-refractivity contribution in [2.24, 2.45) is 0 Å². The lowest BCUT2D eigenvalue weighted by Crippen LogP contribution is -2.29. The van der Waals surface area contributed by atoms with E-state index in [9.17, 15) is 14.9 Å². The summed E-state index contributed by atoms with van der Waals surface area (Å²) in [5, 5.41) is 19.8. The minimum atomic E-state index is -0.505. The van der Waals surface area contributed by atoms with Gasteiger partial charge < -0.3 is 15.2 Å². The van der Waals surface area contributed by atoms with Crippen molar-refractivity contribution >= 4 is 17.4 Å². The van der Waals surface area contributed by atoms with Crippen LogP contribution in [0.5, 0.6) is 0 Å². The summed E-state index contributed by atoms with van der Waals surface area (Å²) in [6, 6.07) is 2.49. The number of carbonyl (C=O) groups excluding carboxylic acids is 1. The molecular weight excluding hydrogens is 290 g/mol. The highest BCUT2D eigenvalue weighted by atomic mass is 16.6. The molecule has 1 aromatic carbocycles. The zero-order valence-electron chi connectivity index (χ0n) is 12.3. The standard InChI is InChI=1S/C13H15N5O4/c1-7-4-5-10(18(20)21)8(2)12(7)16-13(19)14-6-11-15-9(3)22-17-11/h4-5H,6H2,1-3H3,(H2,14,16,19). The van der Waals surface area contributed by atoms with Crippen LogP contribution in [0.4, 0.5) is 16.2 Å². The number of aromatic nitrogens is 2. The van der Waals surface area contributed by atoms with Gasteiger partial charge in [0, 0.05) is 13.0 Å². The third-order valence-electron chi connectivity index (χ3n) is 3.06. The molecule has 0 bridgehead atoms. The molecule has 2 aromatic rings. The van der Waals surface area contributed by atoms with Gasteiger partial charge in [-0.15, -0.1) is 0 Å². The average Bonchev–Trinajstić information content (AvgIpc) is 2.86. The van der Waals surface area contributed by atoms with Crippen LogP contribution in [0, 0.1) is 30.9 Å². The summed E-state index contributed by atoms with van der Waals surface area (Å²) in [7, 11) is 0. The molecule has 2 rings (SSSR count). The quantitative estimate of drug-likeness (QED) is 0.659. The molecule has 0 fully saturated rings. The zero-order chi connectivity index (χ0) is 16.3. The van der Waals surface area contributed by atoms with Crippen molar-refractivity contribution in [3.63, 3.8) is 0 Å². The molecule has 9 heteroatoms. The highest BCUT2D eigenvalue weighted by Crippen LogP contribution is 2.28. The van der Waals surface area contributed by atoms with Crippen molar-refractivity contribution in [3.05, 3.63) is 45.1 Å². The number of urea groups is 1.